The summed E-state index contributed by atoms with van der Waals surface area (Å²) in [7, 11) is 2.99. The SMILES string of the molecule is CCC(C)/N=C(\C(O)=C(/C)C(=O)N(C)C)[N+](=O)[O-]. The summed E-state index contributed by atoms with van der Waals surface area (Å²) in [6, 6.07) is -0.296. The highest BCUT2D eigenvalue weighted by atomic mass is 16.6. The van der Waals surface area contributed by atoms with Crippen LogP contribution < -0.4 is 0 Å². The van der Waals surface area contributed by atoms with Gasteiger partial charge in [-0.2, -0.15) is 0 Å². The number of hydrogen-bond donors (Lipinski definition) is 1. The van der Waals surface area contributed by atoms with Gasteiger partial charge in [-0.1, -0.05) is 11.9 Å². The van der Waals surface area contributed by atoms with Gasteiger partial charge in [-0.25, -0.2) is 0 Å². The molecule has 1 N–H and O–H groups in total. The lowest BCUT2D eigenvalue weighted by molar-refractivity contribution is -0.351. The monoisotopic (exact) mass is 257 g/mol. The van der Waals surface area contributed by atoms with Crippen molar-refractivity contribution in [1.82, 2.24) is 4.90 Å². The van der Waals surface area contributed by atoms with Crippen molar-refractivity contribution in [2.24, 2.45) is 4.99 Å². The van der Waals surface area contributed by atoms with Crippen LogP contribution in [0.4, 0.5) is 0 Å². The zero-order chi connectivity index (χ0) is 14.5. The third-order valence-electron chi connectivity index (χ3n) is 2.40. The van der Waals surface area contributed by atoms with E-state index in [9.17, 15) is 20.0 Å². The van der Waals surface area contributed by atoms with E-state index in [0.29, 0.717) is 6.42 Å². The number of amidine groups is 1. The fourth-order valence-electron chi connectivity index (χ4n) is 1.10. The number of aliphatic imine (C=N–C) groups is 1. The molecule has 0 fully saturated rings. The lowest BCUT2D eigenvalue weighted by Gasteiger charge is -2.11. The second-order valence-electron chi connectivity index (χ2n) is 4.14. The second-order valence-corrected chi connectivity index (χ2v) is 4.14. The van der Waals surface area contributed by atoms with Crippen LogP contribution in [0.2, 0.25) is 0 Å². The van der Waals surface area contributed by atoms with Crippen LogP contribution in [0.1, 0.15) is 27.2 Å². The summed E-state index contributed by atoms with van der Waals surface area (Å²) in [4.78, 5) is 26.7. The van der Waals surface area contributed by atoms with E-state index in [-0.39, 0.29) is 11.6 Å². The van der Waals surface area contributed by atoms with E-state index < -0.39 is 22.4 Å². The highest BCUT2D eigenvalue weighted by Crippen LogP contribution is 2.09. The largest absolute Gasteiger partial charge is 0.501 e. The van der Waals surface area contributed by atoms with E-state index >= 15 is 0 Å². The maximum atomic E-state index is 11.6. The first-order chi connectivity index (χ1) is 8.22. The Morgan fingerprint density at radius 3 is 2.33 bits per heavy atom. The van der Waals surface area contributed by atoms with Crippen LogP contribution in [-0.2, 0) is 4.79 Å². The number of amides is 1. The molecule has 0 aliphatic rings. The van der Waals surface area contributed by atoms with E-state index in [2.05, 4.69) is 4.99 Å². The first kappa shape index (κ1) is 16.1. The zero-order valence-electron chi connectivity index (χ0n) is 11.3. The molecule has 0 heterocycles. The van der Waals surface area contributed by atoms with Crippen molar-refractivity contribution in [3.63, 3.8) is 0 Å². The van der Waals surface area contributed by atoms with Crippen LogP contribution in [0.15, 0.2) is 16.3 Å². The molecule has 0 rings (SSSR count). The highest BCUT2D eigenvalue weighted by molar-refractivity contribution is 6.01. The minimum atomic E-state index is -0.784. The topological polar surface area (TPSA) is 96.0 Å². The molecular formula is C11H19N3O4. The third kappa shape index (κ3) is 4.15. The predicted octanol–water partition coefficient (Wildman–Crippen LogP) is 1.38. The van der Waals surface area contributed by atoms with Gasteiger partial charge in [0.25, 0.3) is 5.91 Å². The Morgan fingerprint density at radius 1 is 1.50 bits per heavy atom. The second kappa shape index (κ2) is 6.73. The first-order valence-electron chi connectivity index (χ1n) is 5.56. The molecule has 0 aromatic rings. The summed E-state index contributed by atoms with van der Waals surface area (Å²) >= 11 is 0. The van der Waals surface area contributed by atoms with Gasteiger partial charge < -0.3 is 20.1 Å². The third-order valence-corrected chi connectivity index (χ3v) is 2.40. The van der Waals surface area contributed by atoms with Crippen molar-refractivity contribution in [2.75, 3.05) is 14.1 Å². The molecule has 102 valence electrons. The molecule has 0 aromatic heterocycles. The van der Waals surface area contributed by atoms with Crippen LogP contribution in [0.25, 0.3) is 0 Å². The molecule has 0 saturated heterocycles. The molecule has 0 bridgehead atoms. The van der Waals surface area contributed by atoms with Crippen molar-refractivity contribution in [3.05, 3.63) is 21.4 Å². The minimum absolute atomic E-state index is 0.0984. The Hall–Kier alpha value is -1.92. The predicted molar refractivity (Wildman–Crippen MR) is 68.2 cm³/mol. The molecule has 0 aromatic carbocycles. The van der Waals surface area contributed by atoms with Crippen molar-refractivity contribution in [2.45, 2.75) is 33.2 Å². The molecule has 1 unspecified atom stereocenters. The van der Waals surface area contributed by atoms with E-state index in [0.717, 1.165) is 0 Å². The molecule has 0 aliphatic heterocycles. The number of aliphatic hydroxyl groups is 1. The summed E-state index contributed by atoms with van der Waals surface area (Å²) in [5.41, 5.74) is -0.0984. The van der Waals surface area contributed by atoms with Crippen LogP contribution in [0.3, 0.4) is 0 Å². The summed E-state index contributed by atoms with van der Waals surface area (Å²) in [5.74, 6) is -1.85. The van der Waals surface area contributed by atoms with Crippen molar-refractivity contribution in [3.8, 4) is 0 Å². The van der Waals surface area contributed by atoms with Gasteiger partial charge in [0.2, 0.25) is 5.76 Å². The first-order valence-corrected chi connectivity index (χ1v) is 5.56. The van der Waals surface area contributed by atoms with E-state index in [4.69, 9.17) is 0 Å². The highest BCUT2D eigenvalue weighted by Gasteiger charge is 2.25. The molecule has 0 saturated carbocycles. The maximum Gasteiger partial charge on any atom is 0.401 e. The number of nitro groups is 1. The normalized spacial score (nSPS) is 14.8. The lowest BCUT2D eigenvalue weighted by Crippen LogP contribution is -2.27. The molecule has 1 atom stereocenters. The number of carbonyl (C=O) groups excluding carboxylic acids is 1. The van der Waals surface area contributed by atoms with E-state index in [1.165, 1.54) is 25.9 Å². The average Bonchev–Trinajstić information content (AvgIpc) is 2.32. The molecule has 7 nitrogen and oxygen atoms in total. The summed E-state index contributed by atoms with van der Waals surface area (Å²) in [6.45, 7) is 4.84. The van der Waals surface area contributed by atoms with Gasteiger partial charge in [0.1, 0.15) is 6.04 Å². The van der Waals surface area contributed by atoms with Gasteiger partial charge >= 0.3 is 5.84 Å². The minimum Gasteiger partial charge on any atom is -0.501 e. The Bertz CT molecular complexity index is 399. The number of hydrogen-bond acceptors (Lipinski definition) is 5. The number of likely N-dealkylation sites (N-methyl/N-ethyl adjacent to an activating group) is 1. The van der Waals surface area contributed by atoms with Crippen molar-refractivity contribution < 1.29 is 14.8 Å². The molecule has 0 aliphatic carbocycles. The fourth-order valence-corrected chi connectivity index (χ4v) is 1.10. The lowest BCUT2D eigenvalue weighted by atomic mass is 10.2. The van der Waals surface area contributed by atoms with Gasteiger partial charge in [0, 0.05) is 14.1 Å². The number of nitrogens with zero attached hydrogens (tertiary/aromatic N) is 3. The summed E-state index contributed by atoms with van der Waals surface area (Å²) < 4.78 is 0. The van der Waals surface area contributed by atoms with E-state index in [1.54, 1.807) is 6.92 Å². The molecule has 0 spiro atoms. The van der Waals surface area contributed by atoms with Crippen LogP contribution >= 0.6 is 0 Å². The van der Waals surface area contributed by atoms with Crippen molar-refractivity contribution in [1.29, 1.82) is 0 Å². The van der Waals surface area contributed by atoms with Gasteiger partial charge in [-0.15, -0.1) is 0 Å². The van der Waals surface area contributed by atoms with E-state index in [1.807, 2.05) is 6.92 Å². The number of carbonyl (C=O) groups is 1. The Labute approximate surface area is 106 Å². The molecule has 7 heteroatoms. The van der Waals surface area contributed by atoms with Gasteiger partial charge in [0.15, 0.2) is 0 Å². The Balaban J connectivity index is 5.52. The molecular weight excluding hydrogens is 238 g/mol. The maximum absolute atomic E-state index is 11.6. The Kier molecular flexibility index (Phi) is 6.01. The molecule has 18 heavy (non-hydrogen) atoms. The quantitative estimate of drug-likeness (QED) is 0.205. The summed E-state index contributed by atoms with van der Waals surface area (Å²) in [5, 5.41) is 20.6. The molecule has 0 radical (unpaired) electrons. The average molecular weight is 257 g/mol. The van der Waals surface area contributed by atoms with Crippen molar-refractivity contribution >= 4 is 11.7 Å². The van der Waals surface area contributed by atoms with Crippen LogP contribution in [0, 0.1) is 10.1 Å². The fraction of sp³-hybridized carbons (Fsp3) is 0.636. The van der Waals surface area contributed by atoms with Gasteiger partial charge in [-0.3, -0.25) is 4.79 Å². The molecule has 1 amide bonds. The Morgan fingerprint density at radius 2 is 2.00 bits per heavy atom. The standard InChI is InChI=1S/C11H19N3O4/c1-6-7(2)12-10(14(17)18)9(15)8(3)11(16)13(4)5/h7,15H,6H2,1-5H3/b9-8-,12-10+. The zero-order valence-corrected chi connectivity index (χ0v) is 11.3. The van der Waals surface area contributed by atoms with Crippen LogP contribution in [0.5, 0.6) is 0 Å². The number of rotatable bonds is 4. The summed E-state index contributed by atoms with van der Waals surface area (Å²) in [6.07, 6.45) is 0.602. The van der Waals surface area contributed by atoms with Crippen LogP contribution in [-0.4, -0.2) is 46.8 Å². The number of aliphatic hydroxyl groups excluding tert-OH is 1. The van der Waals surface area contributed by atoms with Gasteiger partial charge in [-0.05, 0) is 25.2 Å². The van der Waals surface area contributed by atoms with Gasteiger partial charge in [0.05, 0.1) is 5.57 Å². The smallest absolute Gasteiger partial charge is 0.401 e.